The third kappa shape index (κ3) is 3.85. The van der Waals surface area contributed by atoms with Crippen LogP contribution < -0.4 is 4.18 Å². The minimum Gasteiger partial charge on any atom is -0.477 e. The fourth-order valence-corrected chi connectivity index (χ4v) is 2.81. The topological polar surface area (TPSA) is 137 Å². The molecular formula is C11H5F3N2O7S2. The van der Waals surface area contributed by atoms with E-state index in [1.54, 1.807) is 0 Å². The van der Waals surface area contributed by atoms with Gasteiger partial charge < -0.3 is 9.29 Å². The number of nitrogens with zero attached hydrogens (tertiary/aromatic N) is 2. The first-order valence-corrected chi connectivity index (χ1v) is 8.14. The van der Waals surface area contributed by atoms with Gasteiger partial charge in [-0.3, -0.25) is 10.1 Å². The minimum atomic E-state index is -6.10. The summed E-state index contributed by atoms with van der Waals surface area (Å²) in [6.45, 7) is 0. The highest BCUT2D eigenvalue weighted by molar-refractivity contribution is 7.88. The summed E-state index contributed by atoms with van der Waals surface area (Å²) < 4.78 is 62.9. The Morgan fingerprint density at radius 2 is 1.84 bits per heavy atom. The summed E-state index contributed by atoms with van der Waals surface area (Å²) in [6.07, 6.45) is 0. The number of carbonyl (C=O) groups is 1. The highest BCUT2D eigenvalue weighted by Crippen LogP contribution is 2.36. The van der Waals surface area contributed by atoms with Crippen molar-refractivity contribution in [1.82, 2.24) is 4.98 Å². The van der Waals surface area contributed by atoms with E-state index >= 15 is 0 Å². The van der Waals surface area contributed by atoms with E-state index in [0.717, 1.165) is 12.1 Å². The van der Waals surface area contributed by atoms with Crippen molar-refractivity contribution in [2.24, 2.45) is 0 Å². The second-order valence-corrected chi connectivity index (χ2v) is 6.78. The van der Waals surface area contributed by atoms with Crippen LogP contribution in [0.3, 0.4) is 0 Å². The predicted molar refractivity (Wildman–Crippen MR) is 76.8 cm³/mol. The maximum absolute atomic E-state index is 12.4. The third-order valence-corrected chi connectivity index (χ3v) is 4.61. The Hall–Kier alpha value is -2.74. The van der Waals surface area contributed by atoms with Gasteiger partial charge in [0.2, 0.25) is 0 Å². The normalized spacial score (nSPS) is 12.0. The molecule has 0 radical (unpaired) electrons. The number of non-ortho nitro benzene ring substituents is 1. The predicted octanol–water partition coefficient (Wildman–Crippen LogP) is 2.64. The number of nitro groups is 1. The Balaban J connectivity index is 2.47. The number of alkyl halides is 3. The smallest absolute Gasteiger partial charge is 0.477 e. The average Bonchev–Trinajstić information content (AvgIpc) is 2.89. The molecule has 0 atom stereocenters. The molecule has 9 nitrogen and oxygen atoms in total. The van der Waals surface area contributed by atoms with Crippen molar-refractivity contribution < 1.29 is 40.6 Å². The van der Waals surface area contributed by atoms with Gasteiger partial charge >= 0.3 is 21.6 Å². The standard InChI is InChI=1S/C11H5F3N2O7S2/c12-11(13,14)25(21,22)23-8-7(10(17)18)24-9(15-8)5-1-3-6(4-2-5)16(19)20/h1-4H,(H,17,18). The van der Waals surface area contributed by atoms with Crippen molar-refractivity contribution in [2.45, 2.75) is 5.51 Å². The van der Waals surface area contributed by atoms with Crippen molar-refractivity contribution in [3.8, 4) is 16.5 Å². The number of nitro benzene ring substituents is 1. The van der Waals surface area contributed by atoms with Crippen LogP contribution in [0.2, 0.25) is 0 Å². The molecule has 0 bridgehead atoms. The van der Waals surface area contributed by atoms with E-state index in [0.29, 0.717) is 11.3 Å². The van der Waals surface area contributed by atoms with E-state index in [2.05, 4.69) is 9.17 Å². The molecule has 1 aromatic carbocycles. The number of rotatable bonds is 5. The summed E-state index contributed by atoms with van der Waals surface area (Å²) in [5, 5.41) is 19.3. The van der Waals surface area contributed by atoms with Gasteiger partial charge in [-0.25, -0.2) is 4.79 Å². The third-order valence-electron chi connectivity index (χ3n) is 2.59. The summed E-state index contributed by atoms with van der Waals surface area (Å²) in [7, 11) is -6.10. The molecule has 2 aromatic rings. The molecule has 0 aliphatic heterocycles. The summed E-state index contributed by atoms with van der Waals surface area (Å²) in [4.78, 5) is 23.5. The highest BCUT2D eigenvalue weighted by atomic mass is 32.2. The van der Waals surface area contributed by atoms with Gasteiger partial charge in [0.15, 0.2) is 4.88 Å². The fourth-order valence-electron chi connectivity index (χ4n) is 1.50. The molecule has 1 heterocycles. The molecule has 134 valence electrons. The molecule has 0 fully saturated rings. The maximum atomic E-state index is 12.4. The molecule has 14 heteroatoms. The number of halogens is 3. The van der Waals surface area contributed by atoms with Crippen LogP contribution in [0.1, 0.15) is 9.67 Å². The molecule has 0 unspecified atom stereocenters. The zero-order chi connectivity index (χ0) is 19.0. The van der Waals surface area contributed by atoms with E-state index in [1.165, 1.54) is 12.1 Å². The Labute approximate surface area is 140 Å². The highest BCUT2D eigenvalue weighted by Gasteiger charge is 2.49. The van der Waals surface area contributed by atoms with Crippen LogP contribution in [-0.4, -0.2) is 34.9 Å². The Bertz CT molecular complexity index is 936. The lowest BCUT2D eigenvalue weighted by molar-refractivity contribution is -0.384. The van der Waals surface area contributed by atoms with E-state index in [-0.39, 0.29) is 16.3 Å². The average molecular weight is 398 g/mol. The van der Waals surface area contributed by atoms with Crippen LogP contribution in [-0.2, 0) is 10.1 Å². The number of hydrogen-bond donors (Lipinski definition) is 1. The lowest BCUT2D eigenvalue weighted by Gasteiger charge is -2.07. The number of carboxylic acid groups (broad SMARTS) is 1. The zero-order valence-corrected chi connectivity index (χ0v) is 13.2. The molecule has 0 spiro atoms. The van der Waals surface area contributed by atoms with Crippen LogP contribution >= 0.6 is 11.3 Å². The van der Waals surface area contributed by atoms with Crippen LogP contribution in [0.15, 0.2) is 24.3 Å². The molecule has 2 rings (SSSR count). The maximum Gasteiger partial charge on any atom is 0.534 e. The second-order valence-electron chi connectivity index (χ2n) is 4.25. The van der Waals surface area contributed by atoms with Gasteiger partial charge in [-0.15, -0.1) is 11.3 Å². The monoisotopic (exact) mass is 398 g/mol. The Morgan fingerprint density at radius 3 is 2.28 bits per heavy atom. The fraction of sp³-hybridized carbons (Fsp3) is 0.0909. The first-order chi connectivity index (χ1) is 11.4. The van der Waals surface area contributed by atoms with Crippen molar-refractivity contribution in [2.75, 3.05) is 0 Å². The van der Waals surface area contributed by atoms with Crippen LogP contribution in [0.4, 0.5) is 18.9 Å². The van der Waals surface area contributed by atoms with Crippen molar-refractivity contribution in [3.63, 3.8) is 0 Å². The molecule has 1 aromatic heterocycles. The van der Waals surface area contributed by atoms with Gasteiger partial charge in [-0.05, 0) is 12.1 Å². The first kappa shape index (κ1) is 18.6. The lowest BCUT2D eigenvalue weighted by atomic mass is 10.2. The summed E-state index contributed by atoms with van der Waals surface area (Å²) in [5.41, 5.74) is -5.92. The molecule has 0 aliphatic carbocycles. The number of carboxylic acids is 1. The number of benzene rings is 1. The van der Waals surface area contributed by atoms with Gasteiger partial charge in [-0.2, -0.15) is 26.6 Å². The Morgan fingerprint density at radius 1 is 1.28 bits per heavy atom. The van der Waals surface area contributed by atoms with Crippen molar-refractivity contribution in [1.29, 1.82) is 0 Å². The first-order valence-electron chi connectivity index (χ1n) is 5.92. The molecule has 25 heavy (non-hydrogen) atoms. The second kappa shape index (κ2) is 6.29. The molecule has 0 saturated carbocycles. The van der Waals surface area contributed by atoms with Gasteiger partial charge in [0.1, 0.15) is 5.01 Å². The van der Waals surface area contributed by atoms with E-state index < -0.39 is 37.3 Å². The molecule has 0 amide bonds. The molecular weight excluding hydrogens is 393 g/mol. The van der Waals surface area contributed by atoms with Gasteiger partial charge in [0, 0.05) is 17.7 Å². The summed E-state index contributed by atoms with van der Waals surface area (Å²) >= 11 is 0.349. The minimum absolute atomic E-state index is 0.123. The molecule has 1 N–H and O–H groups in total. The zero-order valence-electron chi connectivity index (χ0n) is 11.6. The molecule has 0 aliphatic rings. The number of aromatic carboxylic acids is 1. The Kier molecular flexibility index (Phi) is 4.68. The van der Waals surface area contributed by atoms with E-state index in [1.807, 2.05) is 0 Å². The molecule has 0 saturated heterocycles. The van der Waals surface area contributed by atoms with Gasteiger partial charge in [-0.1, -0.05) is 0 Å². The number of hydrogen-bond acceptors (Lipinski definition) is 8. The van der Waals surface area contributed by atoms with Gasteiger partial charge in [0.25, 0.3) is 11.6 Å². The van der Waals surface area contributed by atoms with E-state index in [4.69, 9.17) is 5.11 Å². The van der Waals surface area contributed by atoms with E-state index in [9.17, 15) is 36.5 Å². The number of aromatic nitrogens is 1. The SMILES string of the molecule is O=C(O)c1sc(-c2ccc([N+](=O)[O-])cc2)nc1OS(=O)(=O)C(F)(F)F. The largest absolute Gasteiger partial charge is 0.534 e. The summed E-state index contributed by atoms with van der Waals surface area (Å²) in [5.74, 6) is -3.00. The van der Waals surface area contributed by atoms with Crippen LogP contribution in [0, 0.1) is 10.1 Å². The summed E-state index contributed by atoms with van der Waals surface area (Å²) in [6, 6.07) is 4.46. The quantitative estimate of drug-likeness (QED) is 0.351. The lowest BCUT2D eigenvalue weighted by Crippen LogP contribution is -2.28. The number of thiazole rings is 1. The van der Waals surface area contributed by atoms with Crippen LogP contribution in [0.25, 0.3) is 10.6 Å². The van der Waals surface area contributed by atoms with Gasteiger partial charge in [0.05, 0.1) is 4.92 Å². The van der Waals surface area contributed by atoms with Crippen molar-refractivity contribution >= 4 is 33.1 Å². The van der Waals surface area contributed by atoms with Crippen molar-refractivity contribution in [3.05, 3.63) is 39.3 Å². The van der Waals surface area contributed by atoms with Crippen LogP contribution in [0.5, 0.6) is 5.88 Å².